The van der Waals surface area contributed by atoms with E-state index in [1.807, 2.05) is 0 Å². The number of nitrogens with one attached hydrogen (secondary N) is 1. The van der Waals surface area contributed by atoms with Crippen molar-refractivity contribution in [3.05, 3.63) is 24.0 Å². The topological polar surface area (TPSA) is 50.7 Å². The highest BCUT2D eigenvalue weighted by Gasteiger charge is 2.20. The largest absolute Gasteiger partial charge is 0.486 e. The molecule has 2 N–H and O–H groups in total. The highest BCUT2D eigenvalue weighted by atomic mass is 19.1. The first-order valence-corrected chi connectivity index (χ1v) is 4.70. The minimum Gasteiger partial charge on any atom is -0.486 e. The second-order valence-corrected chi connectivity index (χ2v) is 3.25. The van der Waals surface area contributed by atoms with Gasteiger partial charge in [-0.15, -0.1) is 0 Å². The normalized spacial score (nSPS) is 18.9. The molecule has 1 aromatic rings. The van der Waals surface area contributed by atoms with Crippen LogP contribution in [0.2, 0.25) is 0 Å². The molecular formula is C10H12FNO3. The van der Waals surface area contributed by atoms with E-state index in [-0.39, 0.29) is 18.7 Å². The van der Waals surface area contributed by atoms with Gasteiger partial charge in [-0.3, -0.25) is 5.32 Å². The average molecular weight is 213 g/mol. The Balaban J connectivity index is 2.05. The molecule has 1 unspecified atom stereocenters. The number of aliphatic hydroxyl groups excluding tert-OH is 1. The zero-order chi connectivity index (χ0) is 10.7. The molecule has 1 aliphatic heterocycles. The molecule has 0 spiro atoms. The van der Waals surface area contributed by atoms with Gasteiger partial charge in [0.1, 0.15) is 18.5 Å². The molecule has 0 radical (unpaired) electrons. The summed E-state index contributed by atoms with van der Waals surface area (Å²) in [5.74, 6) is 0.607. The fourth-order valence-corrected chi connectivity index (χ4v) is 1.42. The summed E-state index contributed by atoms with van der Waals surface area (Å²) in [6.07, 6.45) is -0.202. The fraction of sp³-hybridized carbons (Fsp3) is 0.400. The van der Waals surface area contributed by atoms with Crippen molar-refractivity contribution in [2.75, 3.05) is 19.9 Å². The third-order valence-corrected chi connectivity index (χ3v) is 2.11. The molecule has 1 atom stereocenters. The van der Waals surface area contributed by atoms with Gasteiger partial charge < -0.3 is 14.6 Å². The Kier molecular flexibility index (Phi) is 3.03. The van der Waals surface area contributed by atoms with E-state index in [1.54, 1.807) is 6.07 Å². The molecule has 2 rings (SSSR count). The van der Waals surface area contributed by atoms with Crippen LogP contribution in [-0.2, 0) is 0 Å². The molecule has 0 aliphatic carbocycles. The number of fused-ring (bicyclic) bond motifs is 1. The maximum atomic E-state index is 12.9. The van der Waals surface area contributed by atoms with Crippen molar-refractivity contribution in [1.29, 1.82) is 0 Å². The molecule has 5 heteroatoms. The molecule has 0 saturated heterocycles. The van der Waals surface area contributed by atoms with Gasteiger partial charge in [-0.1, -0.05) is 0 Å². The lowest BCUT2D eigenvalue weighted by Crippen LogP contribution is -2.38. The van der Waals surface area contributed by atoms with E-state index < -0.39 is 0 Å². The minimum absolute atomic E-state index is 0.115. The summed E-state index contributed by atoms with van der Waals surface area (Å²) >= 11 is 0. The number of aliphatic hydroxyl groups is 1. The lowest BCUT2D eigenvalue weighted by Gasteiger charge is -2.26. The van der Waals surface area contributed by atoms with Crippen LogP contribution in [0.3, 0.4) is 0 Å². The van der Waals surface area contributed by atoms with E-state index in [4.69, 9.17) is 14.6 Å². The fourth-order valence-electron chi connectivity index (χ4n) is 1.42. The van der Waals surface area contributed by atoms with E-state index in [0.717, 1.165) is 0 Å². The lowest BCUT2D eigenvalue weighted by molar-refractivity contribution is 0.0837. The highest BCUT2D eigenvalue weighted by Crippen LogP contribution is 2.31. The number of ether oxygens (including phenoxy) is 2. The SMILES string of the molecule is OCNCC1COc2ccc(F)cc2O1. The van der Waals surface area contributed by atoms with E-state index in [2.05, 4.69) is 5.32 Å². The maximum absolute atomic E-state index is 12.9. The van der Waals surface area contributed by atoms with Crippen LogP contribution in [0.5, 0.6) is 11.5 Å². The average Bonchev–Trinajstić information content (AvgIpc) is 2.25. The molecule has 0 amide bonds. The van der Waals surface area contributed by atoms with Crippen LogP contribution >= 0.6 is 0 Å². The number of hydrogen-bond donors (Lipinski definition) is 2. The number of rotatable bonds is 3. The van der Waals surface area contributed by atoms with Crippen LogP contribution in [0.4, 0.5) is 4.39 Å². The van der Waals surface area contributed by atoms with Gasteiger partial charge >= 0.3 is 0 Å². The predicted molar refractivity (Wildman–Crippen MR) is 51.4 cm³/mol. The van der Waals surface area contributed by atoms with E-state index in [0.29, 0.717) is 24.7 Å². The van der Waals surface area contributed by atoms with Crippen LogP contribution in [0.15, 0.2) is 18.2 Å². The van der Waals surface area contributed by atoms with Gasteiger partial charge in [0.25, 0.3) is 0 Å². The van der Waals surface area contributed by atoms with Crippen molar-refractivity contribution in [1.82, 2.24) is 5.32 Å². The Morgan fingerprint density at radius 3 is 3.13 bits per heavy atom. The molecule has 1 aromatic carbocycles. The Hall–Kier alpha value is -1.33. The molecule has 0 aromatic heterocycles. The van der Waals surface area contributed by atoms with Crippen molar-refractivity contribution < 1.29 is 19.0 Å². The molecule has 0 fully saturated rings. The Morgan fingerprint density at radius 1 is 1.47 bits per heavy atom. The molecule has 82 valence electrons. The Bertz CT molecular complexity index is 345. The highest BCUT2D eigenvalue weighted by molar-refractivity contribution is 5.41. The summed E-state index contributed by atoms with van der Waals surface area (Å²) in [7, 11) is 0. The van der Waals surface area contributed by atoms with E-state index in [9.17, 15) is 4.39 Å². The third kappa shape index (κ3) is 2.37. The van der Waals surface area contributed by atoms with Crippen LogP contribution in [0.25, 0.3) is 0 Å². The van der Waals surface area contributed by atoms with Gasteiger partial charge in [0.15, 0.2) is 11.5 Å². The van der Waals surface area contributed by atoms with Gasteiger partial charge in [0.2, 0.25) is 0 Å². The zero-order valence-electron chi connectivity index (χ0n) is 8.07. The second-order valence-electron chi connectivity index (χ2n) is 3.25. The molecule has 15 heavy (non-hydrogen) atoms. The first-order valence-electron chi connectivity index (χ1n) is 4.70. The summed E-state index contributed by atoms with van der Waals surface area (Å²) < 4.78 is 23.7. The quantitative estimate of drug-likeness (QED) is 0.718. The molecule has 1 aliphatic rings. The number of halogens is 1. The van der Waals surface area contributed by atoms with Gasteiger partial charge in [0, 0.05) is 12.6 Å². The van der Waals surface area contributed by atoms with E-state index >= 15 is 0 Å². The molecule has 0 bridgehead atoms. The predicted octanol–water partition coefficient (Wildman–Crippen LogP) is 0.505. The van der Waals surface area contributed by atoms with Crippen molar-refractivity contribution in [2.24, 2.45) is 0 Å². The first kappa shape index (κ1) is 10.2. The van der Waals surface area contributed by atoms with Crippen molar-refractivity contribution in [3.63, 3.8) is 0 Å². The summed E-state index contributed by atoms with van der Waals surface area (Å²) in [6.45, 7) is 0.744. The maximum Gasteiger partial charge on any atom is 0.164 e. The van der Waals surface area contributed by atoms with Crippen LogP contribution < -0.4 is 14.8 Å². The van der Waals surface area contributed by atoms with Crippen LogP contribution in [0, 0.1) is 5.82 Å². The standard InChI is InChI=1S/C10H12FNO3/c11-7-1-2-9-10(3-7)15-8(5-14-9)4-12-6-13/h1-3,8,12-13H,4-6H2. The van der Waals surface area contributed by atoms with Crippen LogP contribution in [0.1, 0.15) is 0 Å². The first-order chi connectivity index (χ1) is 7.29. The van der Waals surface area contributed by atoms with Gasteiger partial charge in [0.05, 0.1) is 6.73 Å². The summed E-state index contributed by atoms with van der Waals surface area (Å²) in [6, 6.07) is 4.16. The zero-order valence-corrected chi connectivity index (χ0v) is 8.07. The van der Waals surface area contributed by atoms with E-state index in [1.165, 1.54) is 12.1 Å². The summed E-state index contributed by atoms with van der Waals surface area (Å²) in [4.78, 5) is 0. The van der Waals surface area contributed by atoms with Gasteiger partial charge in [-0.05, 0) is 12.1 Å². The van der Waals surface area contributed by atoms with Gasteiger partial charge in [-0.2, -0.15) is 0 Å². The molecule has 1 heterocycles. The summed E-state index contributed by atoms with van der Waals surface area (Å²) in [5.41, 5.74) is 0. The number of hydrogen-bond acceptors (Lipinski definition) is 4. The Labute approximate surface area is 86.6 Å². The smallest absolute Gasteiger partial charge is 0.164 e. The third-order valence-electron chi connectivity index (χ3n) is 2.11. The molecular weight excluding hydrogens is 201 g/mol. The lowest BCUT2D eigenvalue weighted by atomic mass is 10.2. The van der Waals surface area contributed by atoms with Crippen molar-refractivity contribution in [2.45, 2.75) is 6.10 Å². The van der Waals surface area contributed by atoms with Crippen LogP contribution in [-0.4, -0.2) is 31.1 Å². The molecule has 4 nitrogen and oxygen atoms in total. The minimum atomic E-state index is -0.354. The monoisotopic (exact) mass is 213 g/mol. The van der Waals surface area contributed by atoms with Crippen molar-refractivity contribution in [3.8, 4) is 11.5 Å². The second kappa shape index (κ2) is 4.46. The molecule has 0 saturated carbocycles. The van der Waals surface area contributed by atoms with Gasteiger partial charge in [-0.25, -0.2) is 4.39 Å². The Morgan fingerprint density at radius 2 is 2.33 bits per heavy atom. The number of benzene rings is 1. The van der Waals surface area contributed by atoms with Crippen molar-refractivity contribution >= 4 is 0 Å². The summed E-state index contributed by atoms with van der Waals surface area (Å²) in [5, 5.41) is 11.3.